The van der Waals surface area contributed by atoms with Gasteiger partial charge in [0, 0.05) is 23.2 Å². The lowest BCUT2D eigenvalue weighted by Crippen LogP contribution is -2.36. The molecule has 0 amide bonds. The summed E-state index contributed by atoms with van der Waals surface area (Å²) in [7, 11) is 2.21. The van der Waals surface area contributed by atoms with Crippen LogP contribution in [0.1, 0.15) is 37.2 Å². The minimum atomic E-state index is -0.393. The minimum absolute atomic E-state index is 0.184. The molecule has 0 bridgehead atoms. The van der Waals surface area contributed by atoms with Gasteiger partial charge in [-0.05, 0) is 80.6 Å². The first kappa shape index (κ1) is 19.3. The van der Waals surface area contributed by atoms with Gasteiger partial charge in [-0.25, -0.2) is 9.18 Å². The molecule has 0 radical (unpaired) electrons. The Labute approximate surface area is 168 Å². The number of fused-ring (bicyclic) bond motifs is 1. The summed E-state index contributed by atoms with van der Waals surface area (Å²) >= 11 is 1.77. The molecule has 1 saturated carbocycles. The molecular formula is C22H25FN2O2S. The number of halogens is 1. The number of hydrogen-bond acceptors (Lipinski definition) is 4. The van der Waals surface area contributed by atoms with Gasteiger partial charge in [-0.2, -0.15) is 0 Å². The van der Waals surface area contributed by atoms with Crippen molar-refractivity contribution < 1.29 is 8.81 Å². The summed E-state index contributed by atoms with van der Waals surface area (Å²) in [6, 6.07) is 13.4. The Morgan fingerprint density at radius 1 is 1.14 bits per heavy atom. The zero-order valence-corrected chi connectivity index (χ0v) is 16.8. The van der Waals surface area contributed by atoms with Gasteiger partial charge >= 0.3 is 5.76 Å². The summed E-state index contributed by atoms with van der Waals surface area (Å²) in [6.45, 7) is 1.03. The molecule has 28 heavy (non-hydrogen) atoms. The van der Waals surface area contributed by atoms with E-state index in [0.717, 1.165) is 35.6 Å². The van der Waals surface area contributed by atoms with Gasteiger partial charge in [-0.3, -0.25) is 4.98 Å². The fourth-order valence-corrected chi connectivity index (χ4v) is 5.03. The number of hydrogen-bond donors (Lipinski definition) is 1. The molecule has 0 unspecified atom stereocenters. The largest absolute Gasteiger partial charge is 0.417 e. The molecule has 0 aliphatic heterocycles. The number of thioether (sulfide) groups is 1. The molecule has 0 atom stereocenters. The van der Waals surface area contributed by atoms with Crippen LogP contribution in [-0.2, 0) is 0 Å². The van der Waals surface area contributed by atoms with Crippen LogP contribution in [0.5, 0.6) is 0 Å². The quantitative estimate of drug-likeness (QED) is 0.591. The normalized spacial score (nSPS) is 20.1. The van der Waals surface area contributed by atoms with Crippen LogP contribution >= 0.6 is 11.8 Å². The summed E-state index contributed by atoms with van der Waals surface area (Å²) < 4.78 is 18.2. The summed E-state index contributed by atoms with van der Waals surface area (Å²) in [5.41, 5.74) is 2.68. The van der Waals surface area contributed by atoms with Crippen LogP contribution in [0.4, 0.5) is 4.39 Å². The summed E-state index contributed by atoms with van der Waals surface area (Å²) in [5, 5.41) is 0. The Bertz CT molecular complexity index is 974. The first-order chi connectivity index (χ1) is 13.6. The first-order valence-electron chi connectivity index (χ1n) is 9.80. The lowest BCUT2D eigenvalue weighted by molar-refractivity contribution is 0.192. The number of nitrogens with zero attached hydrogens (tertiary/aromatic N) is 1. The first-order valence-corrected chi connectivity index (χ1v) is 10.8. The van der Waals surface area contributed by atoms with E-state index in [2.05, 4.69) is 23.0 Å². The van der Waals surface area contributed by atoms with E-state index < -0.39 is 5.76 Å². The second kappa shape index (κ2) is 8.53. The molecule has 2 aromatic carbocycles. The predicted molar refractivity (Wildman–Crippen MR) is 112 cm³/mol. The summed E-state index contributed by atoms with van der Waals surface area (Å²) in [4.78, 5) is 17.6. The maximum absolute atomic E-state index is 13.0. The predicted octanol–water partition coefficient (Wildman–Crippen LogP) is 5.01. The highest BCUT2D eigenvalue weighted by Crippen LogP contribution is 2.35. The number of benzene rings is 2. The smallest absolute Gasteiger partial charge is 0.408 e. The molecule has 1 aromatic heterocycles. The highest BCUT2D eigenvalue weighted by molar-refractivity contribution is 7.99. The molecule has 1 heterocycles. The van der Waals surface area contributed by atoms with Gasteiger partial charge in [-0.15, -0.1) is 11.8 Å². The van der Waals surface area contributed by atoms with Gasteiger partial charge in [0.2, 0.25) is 0 Å². The molecule has 1 N–H and O–H groups in total. The van der Waals surface area contributed by atoms with Crippen LogP contribution in [0, 0.1) is 5.82 Å². The fourth-order valence-electron chi connectivity index (χ4n) is 4.09. The van der Waals surface area contributed by atoms with Crippen molar-refractivity contribution in [3.8, 4) is 0 Å². The molecule has 0 spiro atoms. The lowest BCUT2D eigenvalue weighted by Gasteiger charge is -2.34. The minimum Gasteiger partial charge on any atom is -0.408 e. The topological polar surface area (TPSA) is 49.2 Å². The number of rotatable bonds is 6. The monoisotopic (exact) mass is 400 g/mol. The van der Waals surface area contributed by atoms with Gasteiger partial charge in [0.25, 0.3) is 0 Å². The van der Waals surface area contributed by atoms with E-state index in [0.29, 0.717) is 17.5 Å². The number of aromatic amines is 1. The van der Waals surface area contributed by atoms with E-state index in [1.54, 1.807) is 11.8 Å². The highest BCUT2D eigenvalue weighted by Gasteiger charge is 2.25. The van der Waals surface area contributed by atoms with Crippen LogP contribution in [0.3, 0.4) is 0 Å². The van der Waals surface area contributed by atoms with Crippen LogP contribution in [0.15, 0.2) is 56.6 Å². The Morgan fingerprint density at radius 3 is 2.64 bits per heavy atom. The highest BCUT2D eigenvalue weighted by atomic mass is 32.2. The van der Waals surface area contributed by atoms with E-state index in [1.165, 1.54) is 30.5 Å². The zero-order chi connectivity index (χ0) is 19.5. The average molecular weight is 401 g/mol. The Kier molecular flexibility index (Phi) is 5.87. The van der Waals surface area contributed by atoms with Crippen LogP contribution in [-0.4, -0.2) is 35.3 Å². The third kappa shape index (κ3) is 4.50. The van der Waals surface area contributed by atoms with Gasteiger partial charge < -0.3 is 9.32 Å². The van der Waals surface area contributed by atoms with Crippen LogP contribution in [0.2, 0.25) is 0 Å². The molecule has 6 heteroatoms. The maximum atomic E-state index is 13.0. The maximum Gasteiger partial charge on any atom is 0.417 e. The molecule has 0 saturated heterocycles. The zero-order valence-electron chi connectivity index (χ0n) is 16.0. The van der Waals surface area contributed by atoms with Crippen molar-refractivity contribution in [1.29, 1.82) is 0 Å². The van der Waals surface area contributed by atoms with Crippen molar-refractivity contribution in [3.63, 3.8) is 0 Å². The van der Waals surface area contributed by atoms with E-state index in [1.807, 2.05) is 24.3 Å². The third-order valence-electron chi connectivity index (χ3n) is 5.76. The Morgan fingerprint density at radius 2 is 1.89 bits per heavy atom. The van der Waals surface area contributed by atoms with E-state index in [-0.39, 0.29) is 5.82 Å². The standard InChI is InChI=1S/C22H25FN2O2S/c1-25(12-13-28-19-9-5-17(23)6-10-19)18-7-2-15(3-8-18)16-4-11-20-21(14-16)27-22(26)24-20/h4-6,9-11,14-15,18H,2-3,7-8,12-13H2,1H3,(H,24,26). The molecule has 1 fully saturated rings. The molecule has 148 valence electrons. The average Bonchev–Trinajstić information content (AvgIpc) is 3.08. The summed E-state index contributed by atoms with van der Waals surface area (Å²) in [6.07, 6.45) is 4.66. The number of nitrogens with one attached hydrogen (secondary N) is 1. The number of H-pyrrole nitrogens is 1. The van der Waals surface area contributed by atoms with Crippen molar-refractivity contribution in [3.05, 3.63) is 64.4 Å². The number of aromatic nitrogens is 1. The van der Waals surface area contributed by atoms with Crippen LogP contribution in [0.25, 0.3) is 11.1 Å². The Hall–Kier alpha value is -2.05. The fraction of sp³-hybridized carbons (Fsp3) is 0.409. The van der Waals surface area contributed by atoms with E-state index in [4.69, 9.17) is 4.42 Å². The second-order valence-corrected chi connectivity index (χ2v) is 8.73. The van der Waals surface area contributed by atoms with Gasteiger partial charge in [0.15, 0.2) is 5.58 Å². The van der Waals surface area contributed by atoms with Gasteiger partial charge in [0.05, 0.1) is 5.52 Å². The van der Waals surface area contributed by atoms with Gasteiger partial charge in [-0.1, -0.05) is 6.07 Å². The van der Waals surface area contributed by atoms with Gasteiger partial charge in [0.1, 0.15) is 5.82 Å². The molecule has 1 aliphatic rings. The lowest BCUT2D eigenvalue weighted by atomic mass is 9.81. The Balaban J connectivity index is 1.26. The van der Waals surface area contributed by atoms with E-state index in [9.17, 15) is 9.18 Å². The second-order valence-electron chi connectivity index (χ2n) is 7.56. The van der Waals surface area contributed by atoms with Crippen molar-refractivity contribution in [1.82, 2.24) is 9.88 Å². The van der Waals surface area contributed by atoms with Crippen molar-refractivity contribution in [2.24, 2.45) is 0 Å². The van der Waals surface area contributed by atoms with E-state index >= 15 is 0 Å². The molecule has 1 aliphatic carbocycles. The molecule has 4 rings (SSSR count). The SMILES string of the molecule is CN(CCSc1ccc(F)cc1)C1CCC(c2ccc3[nH]c(=O)oc3c2)CC1. The molecule has 4 nitrogen and oxygen atoms in total. The van der Waals surface area contributed by atoms with Crippen LogP contribution < -0.4 is 5.76 Å². The molecule has 3 aromatic rings. The molecular weight excluding hydrogens is 375 g/mol. The summed E-state index contributed by atoms with van der Waals surface area (Å²) in [5.74, 6) is 0.959. The van der Waals surface area contributed by atoms with Crippen molar-refractivity contribution in [2.75, 3.05) is 19.3 Å². The van der Waals surface area contributed by atoms with Crippen molar-refractivity contribution >= 4 is 22.9 Å². The van der Waals surface area contributed by atoms with Crippen molar-refractivity contribution in [2.45, 2.75) is 42.5 Å². The third-order valence-corrected chi connectivity index (χ3v) is 6.76. The number of oxazole rings is 1.